The van der Waals surface area contributed by atoms with Crippen molar-refractivity contribution >= 4 is 21.6 Å². The molecule has 4 rings (SSSR count). The molecule has 112 valence electrons. The highest BCUT2D eigenvalue weighted by Gasteiger charge is 2.13. The molecule has 4 aromatic rings. The van der Waals surface area contributed by atoms with E-state index >= 15 is 0 Å². The molecule has 23 heavy (non-hydrogen) atoms. The Morgan fingerprint density at radius 2 is 1.74 bits per heavy atom. The SMILES string of the molecule is Cc1ccc(-n2cnc(=O)c3c(-c4ccccc4)csc32)cc1. The molecule has 0 aliphatic carbocycles. The molecule has 0 N–H and O–H groups in total. The Labute approximate surface area is 137 Å². The Bertz CT molecular complexity index is 1030. The summed E-state index contributed by atoms with van der Waals surface area (Å²) in [6.45, 7) is 2.06. The minimum atomic E-state index is -0.177. The van der Waals surface area contributed by atoms with Crippen LogP contribution in [0.4, 0.5) is 0 Å². The zero-order valence-electron chi connectivity index (χ0n) is 12.6. The van der Waals surface area contributed by atoms with Crippen LogP contribution < -0.4 is 5.56 Å². The summed E-state index contributed by atoms with van der Waals surface area (Å²) < 4.78 is 1.98. The summed E-state index contributed by atoms with van der Waals surface area (Å²) in [4.78, 5) is 17.4. The van der Waals surface area contributed by atoms with E-state index in [4.69, 9.17) is 0 Å². The van der Waals surface area contributed by atoms with Crippen molar-refractivity contribution in [1.29, 1.82) is 0 Å². The molecule has 0 aliphatic rings. The summed E-state index contributed by atoms with van der Waals surface area (Å²) >= 11 is 1.57. The van der Waals surface area contributed by atoms with E-state index in [2.05, 4.69) is 24.0 Å². The lowest BCUT2D eigenvalue weighted by Gasteiger charge is -2.08. The normalized spacial score (nSPS) is 11.0. The molecular weight excluding hydrogens is 304 g/mol. The third-order valence-corrected chi connectivity index (χ3v) is 4.87. The van der Waals surface area contributed by atoms with Gasteiger partial charge in [-0.05, 0) is 24.6 Å². The number of nitrogens with zero attached hydrogens (tertiary/aromatic N) is 2. The smallest absolute Gasteiger partial charge is 0.282 e. The number of hydrogen-bond donors (Lipinski definition) is 0. The number of rotatable bonds is 2. The molecule has 0 saturated heterocycles. The molecular formula is C19H14N2OS. The van der Waals surface area contributed by atoms with Gasteiger partial charge in [0.2, 0.25) is 0 Å². The summed E-state index contributed by atoms with van der Waals surface area (Å²) in [7, 11) is 0. The minimum absolute atomic E-state index is 0.177. The van der Waals surface area contributed by atoms with Gasteiger partial charge in [0.05, 0.1) is 5.39 Å². The van der Waals surface area contributed by atoms with Gasteiger partial charge in [-0.25, -0.2) is 0 Å². The van der Waals surface area contributed by atoms with Crippen LogP contribution in [0.15, 0.2) is 71.1 Å². The van der Waals surface area contributed by atoms with Crippen molar-refractivity contribution < 1.29 is 0 Å². The topological polar surface area (TPSA) is 34.9 Å². The number of benzene rings is 2. The standard InChI is InChI=1S/C19H14N2OS/c1-13-7-9-15(10-8-13)21-12-20-18(22)17-16(11-23-19(17)21)14-5-3-2-4-6-14/h2-12H,1H3. The highest BCUT2D eigenvalue weighted by molar-refractivity contribution is 7.17. The molecule has 4 heteroatoms. The van der Waals surface area contributed by atoms with E-state index in [9.17, 15) is 4.79 Å². The van der Waals surface area contributed by atoms with Crippen LogP contribution in [0.25, 0.3) is 27.0 Å². The van der Waals surface area contributed by atoms with Crippen LogP contribution in [0.5, 0.6) is 0 Å². The van der Waals surface area contributed by atoms with E-state index < -0.39 is 0 Å². The second kappa shape index (κ2) is 5.48. The molecule has 0 unspecified atom stereocenters. The highest BCUT2D eigenvalue weighted by atomic mass is 32.1. The van der Waals surface area contributed by atoms with Crippen LogP contribution in [0.2, 0.25) is 0 Å². The van der Waals surface area contributed by atoms with E-state index in [1.807, 2.05) is 52.4 Å². The average Bonchev–Trinajstić information content (AvgIpc) is 3.03. The van der Waals surface area contributed by atoms with Gasteiger partial charge in [0, 0.05) is 16.6 Å². The zero-order valence-corrected chi connectivity index (χ0v) is 13.4. The van der Waals surface area contributed by atoms with Crippen molar-refractivity contribution in [3.63, 3.8) is 0 Å². The summed E-state index contributed by atoms with van der Waals surface area (Å²) in [6, 6.07) is 18.2. The molecule has 0 bridgehead atoms. The molecule has 2 heterocycles. The van der Waals surface area contributed by atoms with Gasteiger partial charge in [0.15, 0.2) is 0 Å². The number of aromatic nitrogens is 2. The lowest BCUT2D eigenvalue weighted by Crippen LogP contribution is -2.10. The monoisotopic (exact) mass is 318 g/mol. The Hall–Kier alpha value is -2.72. The molecule has 0 aliphatic heterocycles. The first kappa shape index (κ1) is 13.9. The Balaban J connectivity index is 1.99. The van der Waals surface area contributed by atoms with E-state index in [1.54, 1.807) is 17.7 Å². The van der Waals surface area contributed by atoms with Crippen LogP contribution >= 0.6 is 11.3 Å². The second-order valence-corrected chi connectivity index (χ2v) is 6.31. The number of thiophene rings is 1. The maximum Gasteiger partial charge on any atom is 0.282 e. The van der Waals surface area contributed by atoms with Crippen molar-refractivity contribution in [3.05, 3.63) is 82.2 Å². The lowest BCUT2D eigenvalue weighted by molar-refractivity contribution is 1.03. The summed E-state index contributed by atoms with van der Waals surface area (Å²) in [5.74, 6) is 0. The van der Waals surface area contributed by atoms with Gasteiger partial charge >= 0.3 is 0 Å². The number of fused-ring (bicyclic) bond motifs is 1. The van der Waals surface area contributed by atoms with Crippen molar-refractivity contribution in [2.75, 3.05) is 0 Å². The van der Waals surface area contributed by atoms with E-state index in [1.165, 1.54) is 5.56 Å². The molecule has 0 radical (unpaired) electrons. The summed E-state index contributed by atoms with van der Waals surface area (Å²) in [6.07, 6.45) is 1.61. The molecule has 0 amide bonds. The highest BCUT2D eigenvalue weighted by Crippen LogP contribution is 2.32. The first-order valence-corrected chi connectivity index (χ1v) is 8.23. The predicted octanol–water partition coefficient (Wildman–Crippen LogP) is 4.42. The van der Waals surface area contributed by atoms with Gasteiger partial charge in [-0.3, -0.25) is 9.36 Å². The molecule has 0 spiro atoms. The molecule has 0 saturated carbocycles. The van der Waals surface area contributed by atoms with Crippen LogP contribution in [0.3, 0.4) is 0 Å². The van der Waals surface area contributed by atoms with Gasteiger partial charge in [0.25, 0.3) is 5.56 Å². The van der Waals surface area contributed by atoms with E-state index in [-0.39, 0.29) is 5.56 Å². The number of hydrogen-bond acceptors (Lipinski definition) is 3. The van der Waals surface area contributed by atoms with Crippen molar-refractivity contribution in [2.45, 2.75) is 6.92 Å². The van der Waals surface area contributed by atoms with Crippen molar-refractivity contribution in [2.24, 2.45) is 0 Å². The van der Waals surface area contributed by atoms with Crippen LogP contribution in [-0.4, -0.2) is 9.55 Å². The number of aryl methyl sites for hydroxylation is 1. The zero-order chi connectivity index (χ0) is 15.8. The first-order chi connectivity index (χ1) is 11.2. The Morgan fingerprint density at radius 3 is 2.48 bits per heavy atom. The van der Waals surface area contributed by atoms with Crippen molar-refractivity contribution in [1.82, 2.24) is 9.55 Å². The van der Waals surface area contributed by atoms with Gasteiger partial charge < -0.3 is 0 Å². The van der Waals surface area contributed by atoms with Crippen LogP contribution in [0.1, 0.15) is 5.56 Å². The third-order valence-electron chi connectivity index (χ3n) is 3.89. The molecule has 0 atom stereocenters. The van der Waals surface area contributed by atoms with Crippen LogP contribution in [-0.2, 0) is 0 Å². The molecule has 0 fully saturated rings. The minimum Gasteiger partial charge on any atom is -0.291 e. The lowest BCUT2D eigenvalue weighted by atomic mass is 10.1. The van der Waals surface area contributed by atoms with E-state index in [0.717, 1.165) is 21.6 Å². The third kappa shape index (κ3) is 2.37. The van der Waals surface area contributed by atoms with Gasteiger partial charge in [-0.15, -0.1) is 11.3 Å². The van der Waals surface area contributed by atoms with Gasteiger partial charge in [0.1, 0.15) is 11.2 Å². The fourth-order valence-electron chi connectivity index (χ4n) is 2.68. The molecule has 2 aromatic heterocycles. The Kier molecular flexibility index (Phi) is 3.32. The maximum atomic E-state index is 12.4. The first-order valence-electron chi connectivity index (χ1n) is 7.35. The van der Waals surface area contributed by atoms with Gasteiger partial charge in [-0.2, -0.15) is 4.98 Å². The van der Waals surface area contributed by atoms with Crippen LogP contribution in [0, 0.1) is 6.92 Å². The predicted molar refractivity (Wildman–Crippen MR) is 95.4 cm³/mol. The Morgan fingerprint density at radius 1 is 1.00 bits per heavy atom. The molecule has 3 nitrogen and oxygen atoms in total. The average molecular weight is 318 g/mol. The quantitative estimate of drug-likeness (QED) is 0.548. The fraction of sp³-hybridized carbons (Fsp3) is 0.0526. The fourth-order valence-corrected chi connectivity index (χ4v) is 3.74. The maximum absolute atomic E-state index is 12.4. The molecule has 2 aromatic carbocycles. The van der Waals surface area contributed by atoms with E-state index in [0.29, 0.717) is 5.39 Å². The second-order valence-electron chi connectivity index (χ2n) is 5.45. The van der Waals surface area contributed by atoms with Crippen molar-refractivity contribution in [3.8, 4) is 16.8 Å². The largest absolute Gasteiger partial charge is 0.291 e. The summed E-state index contributed by atoms with van der Waals surface area (Å²) in [5, 5.41) is 2.72. The van der Waals surface area contributed by atoms with Gasteiger partial charge in [-0.1, -0.05) is 48.0 Å². The summed E-state index contributed by atoms with van der Waals surface area (Å²) in [5.41, 5.74) is 4.03.